The van der Waals surface area contributed by atoms with Gasteiger partial charge in [-0.25, -0.2) is 0 Å². The molecule has 0 aliphatic carbocycles. The maximum absolute atomic E-state index is 13.0. The first kappa shape index (κ1) is 26.9. The van der Waals surface area contributed by atoms with Crippen LogP contribution in [0.2, 0.25) is 0 Å². The topological polar surface area (TPSA) is 35.5 Å². The Kier molecular flexibility index (Phi) is 7.33. The van der Waals surface area contributed by atoms with Gasteiger partial charge in [0.15, 0.2) is 0 Å². The summed E-state index contributed by atoms with van der Waals surface area (Å²) in [6.45, 7) is -3.78. The standard InChI is InChI=1S/C10H7F14O3P/c1-2-28(25,26-3-5(11,12)7(15,16)9(19,20)21)27-4-6(13,14)8(17,18)10(22,23)24/h2H,1,3-4H2. The molecule has 0 aliphatic heterocycles. The minimum absolute atomic E-state index is 0.364. The van der Waals surface area contributed by atoms with Crippen LogP contribution in [0.3, 0.4) is 0 Å². The molecule has 0 heterocycles. The average Bonchev–Trinajstić information content (AvgIpc) is 2.48. The molecule has 28 heavy (non-hydrogen) atoms. The average molecular weight is 472 g/mol. The SMILES string of the molecule is C=CP(=O)(OCC(F)(F)C(F)(F)C(F)(F)F)OCC(F)(F)C(F)(F)C(F)(F)F. The van der Waals surface area contributed by atoms with Crippen LogP contribution in [0.1, 0.15) is 0 Å². The van der Waals surface area contributed by atoms with Crippen molar-refractivity contribution in [1.29, 1.82) is 0 Å². The number of hydrogen-bond acceptors (Lipinski definition) is 3. The molecule has 0 saturated carbocycles. The normalized spacial score (nSPS) is 15.6. The van der Waals surface area contributed by atoms with E-state index in [4.69, 9.17) is 0 Å². The van der Waals surface area contributed by atoms with Gasteiger partial charge in [0.05, 0.1) is 0 Å². The third-order valence-electron chi connectivity index (χ3n) is 2.71. The van der Waals surface area contributed by atoms with E-state index in [2.05, 4.69) is 15.6 Å². The molecule has 0 spiro atoms. The van der Waals surface area contributed by atoms with Gasteiger partial charge in [0.2, 0.25) is 0 Å². The van der Waals surface area contributed by atoms with Crippen LogP contribution in [-0.4, -0.2) is 49.3 Å². The Morgan fingerprint density at radius 2 is 0.893 bits per heavy atom. The van der Waals surface area contributed by atoms with Crippen LogP contribution in [0.5, 0.6) is 0 Å². The molecule has 0 aromatic rings. The summed E-state index contributed by atoms with van der Waals surface area (Å²) < 4.78 is 192. The van der Waals surface area contributed by atoms with Gasteiger partial charge < -0.3 is 0 Å². The van der Waals surface area contributed by atoms with Crippen molar-refractivity contribution >= 4 is 7.60 Å². The molecule has 18 heteroatoms. The van der Waals surface area contributed by atoms with Crippen LogP contribution in [-0.2, 0) is 13.6 Å². The zero-order valence-electron chi connectivity index (χ0n) is 12.7. The van der Waals surface area contributed by atoms with Gasteiger partial charge in [0.25, 0.3) is 0 Å². The van der Waals surface area contributed by atoms with Crippen molar-refractivity contribution in [3.8, 4) is 0 Å². The van der Waals surface area contributed by atoms with Crippen molar-refractivity contribution in [1.82, 2.24) is 0 Å². The lowest BCUT2D eigenvalue weighted by atomic mass is 10.2. The summed E-state index contributed by atoms with van der Waals surface area (Å²) in [5, 5.41) is 0. The van der Waals surface area contributed by atoms with Gasteiger partial charge >= 0.3 is 43.6 Å². The first-order chi connectivity index (χ1) is 12.0. The zero-order chi connectivity index (χ0) is 23.0. The molecule has 0 atom stereocenters. The van der Waals surface area contributed by atoms with Crippen molar-refractivity contribution in [2.24, 2.45) is 0 Å². The quantitative estimate of drug-likeness (QED) is 0.304. The van der Waals surface area contributed by atoms with E-state index < -0.39 is 56.9 Å². The Labute approximate surface area is 145 Å². The smallest absolute Gasteiger partial charge is 0.299 e. The molecule has 0 radical (unpaired) electrons. The van der Waals surface area contributed by atoms with E-state index >= 15 is 0 Å². The lowest BCUT2D eigenvalue weighted by Crippen LogP contribution is -2.54. The van der Waals surface area contributed by atoms with E-state index in [1.54, 1.807) is 0 Å². The molecule has 0 aromatic carbocycles. The second kappa shape index (κ2) is 7.63. The molecular weight excluding hydrogens is 465 g/mol. The third-order valence-corrected chi connectivity index (χ3v) is 4.13. The summed E-state index contributed by atoms with van der Waals surface area (Å²) in [6.07, 6.45) is -13.7. The Balaban J connectivity index is 5.38. The van der Waals surface area contributed by atoms with Crippen LogP contribution in [0.25, 0.3) is 0 Å². The van der Waals surface area contributed by atoms with Gasteiger partial charge in [-0.3, -0.25) is 13.6 Å². The summed E-state index contributed by atoms with van der Waals surface area (Å²) in [4.78, 5) is 0. The van der Waals surface area contributed by atoms with Gasteiger partial charge in [-0.2, -0.15) is 61.5 Å². The Morgan fingerprint density at radius 3 is 1.07 bits per heavy atom. The second-order valence-electron chi connectivity index (χ2n) is 4.82. The van der Waals surface area contributed by atoms with Gasteiger partial charge in [-0.1, -0.05) is 6.58 Å². The molecule has 3 nitrogen and oxygen atoms in total. The van der Waals surface area contributed by atoms with Gasteiger partial charge in [-0.15, -0.1) is 0 Å². The first-order valence-electron chi connectivity index (χ1n) is 6.14. The minimum Gasteiger partial charge on any atom is -0.299 e. The Bertz CT molecular complexity index is 561. The summed E-state index contributed by atoms with van der Waals surface area (Å²) in [5.74, 6) is -26.2. The van der Waals surface area contributed by atoms with Crippen molar-refractivity contribution in [2.75, 3.05) is 13.2 Å². The fourth-order valence-corrected chi connectivity index (χ4v) is 2.05. The number of alkyl halides is 14. The number of hydrogen-bond donors (Lipinski definition) is 0. The summed E-state index contributed by atoms with van der Waals surface area (Å²) in [5.41, 5.74) is 0. The van der Waals surface area contributed by atoms with Crippen LogP contribution in [0.4, 0.5) is 61.5 Å². The molecule has 0 saturated heterocycles. The molecule has 0 bridgehead atoms. The van der Waals surface area contributed by atoms with E-state index in [-0.39, 0.29) is 5.82 Å². The van der Waals surface area contributed by atoms with Crippen LogP contribution < -0.4 is 0 Å². The van der Waals surface area contributed by atoms with Crippen LogP contribution in [0.15, 0.2) is 12.4 Å². The molecule has 168 valence electrons. The van der Waals surface area contributed by atoms with Gasteiger partial charge in [0, 0.05) is 5.82 Å². The van der Waals surface area contributed by atoms with Crippen LogP contribution in [0, 0.1) is 0 Å². The highest BCUT2D eigenvalue weighted by atomic mass is 31.2. The minimum atomic E-state index is -6.85. The van der Waals surface area contributed by atoms with Crippen molar-refractivity contribution < 1.29 is 75.1 Å². The van der Waals surface area contributed by atoms with Crippen LogP contribution >= 0.6 is 7.60 Å². The molecule has 0 aromatic heterocycles. The lowest BCUT2D eigenvalue weighted by molar-refractivity contribution is -0.360. The Hall–Kier alpha value is -1.09. The number of rotatable bonds is 9. The maximum atomic E-state index is 13.0. The Morgan fingerprint density at radius 1 is 0.643 bits per heavy atom. The molecule has 0 rings (SSSR count). The van der Waals surface area contributed by atoms with Gasteiger partial charge in [-0.05, 0) is 0 Å². The van der Waals surface area contributed by atoms with E-state index in [0.29, 0.717) is 0 Å². The fraction of sp³-hybridized carbons (Fsp3) is 0.800. The summed E-state index contributed by atoms with van der Waals surface area (Å²) >= 11 is 0. The van der Waals surface area contributed by atoms with Gasteiger partial charge in [0.1, 0.15) is 13.2 Å². The van der Waals surface area contributed by atoms with E-state index in [9.17, 15) is 66.0 Å². The third kappa shape index (κ3) is 5.28. The summed E-state index contributed by atoms with van der Waals surface area (Å²) in [6, 6.07) is 0. The van der Waals surface area contributed by atoms with Crippen molar-refractivity contribution in [2.45, 2.75) is 36.0 Å². The predicted octanol–water partition coefficient (Wildman–Crippen LogP) is 6.02. The highest BCUT2D eigenvalue weighted by Gasteiger charge is 2.74. The molecule has 0 amide bonds. The van der Waals surface area contributed by atoms with Crippen molar-refractivity contribution in [3.63, 3.8) is 0 Å². The van der Waals surface area contributed by atoms with E-state index in [0.717, 1.165) is 0 Å². The highest BCUT2D eigenvalue weighted by Crippen LogP contribution is 2.55. The largest absolute Gasteiger partial charge is 0.459 e. The maximum Gasteiger partial charge on any atom is 0.459 e. The highest BCUT2D eigenvalue weighted by molar-refractivity contribution is 7.57. The fourth-order valence-electron chi connectivity index (χ4n) is 1.08. The molecule has 0 unspecified atom stereocenters. The van der Waals surface area contributed by atoms with E-state index in [1.807, 2.05) is 0 Å². The lowest BCUT2D eigenvalue weighted by Gasteiger charge is -2.30. The predicted molar refractivity (Wildman–Crippen MR) is 61.6 cm³/mol. The molecule has 0 N–H and O–H groups in total. The summed E-state index contributed by atoms with van der Waals surface area (Å²) in [7, 11) is -5.73. The van der Waals surface area contributed by atoms with Crippen molar-refractivity contribution in [3.05, 3.63) is 12.4 Å². The molecule has 0 aliphatic rings. The first-order valence-corrected chi connectivity index (χ1v) is 7.76. The monoisotopic (exact) mass is 472 g/mol. The zero-order valence-corrected chi connectivity index (χ0v) is 13.6. The number of halogens is 14. The van der Waals surface area contributed by atoms with E-state index in [1.165, 1.54) is 0 Å². The molecular formula is C10H7F14O3P. The second-order valence-corrected chi connectivity index (χ2v) is 6.78. The molecule has 0 fully saturated rings.